The standard InChI is InChI=1S/C15H11ClN2O2S2/c1-20-13-3-2-10(16)6-11(13)17-14(19)12-8-22-15(18-12)9-4-5-21-7-9/h2-8H,1H3,(H,17,19). The molecule has 0 bridgehead atoms. The molecule has 0 saturated carbocycles. The van der Waals surface area contributed by atoms with Crippen LogP contribution in [0.5, 0.6) is 5.75 Å². The fourth-order valence-electron chi connectivity index (χ4n) is 1.86. The maximum Gasteiger partial charge on any atom is 0.275 e. The third kappa shape index (κ3) is 3.14. The number of nitrogens with one attached hydrogen (secondary N) is 1. The molecule has 0 aliphatic heterocycles. The molecule has 0 radical (unpaired) electrons. The lowest BCUT2D eigenvalue weighted by atomic mass is 10.3. The van der Waals surface area contributed by atoms with Crippen molar-refractivity contribution in [1.82, 2.24) is 4.98 Å². The van der Waals surface area contributed by atoms with Crippen LogP contribution >= 0.6 is 34.3 Å². The van der Waals surface area contributed by atoms with E-state index in [2.05, 4.69) is 10.3 Å². The number of amides is 1. The quantitative estimate of drug-likeness (QED) is 0.736. The van der Waals surface area contributed by atoms with Crippen LogP contribution in [0.4, 0.5) is 5.69 Å². The zero-order chi connectivity index (χ0) is 15.5. The van der Waals surface area contributed by atoms with E-state index in [1.165, 1.54) is 18.4 Å². The van der Waals surface area contributed by atoms with Gasteiger partial charge in [-0.3, -0.25) is 4.79 Å². The Bertz CT molecular complexity index is 800. The number of benzene rings is 1. The minimum absolute atomic E-state index is 0.293. The molecule has 0 atom stereocenters. The van der Waals surface area contributed by atoms with Crippen molar-refractivity contribution in [3.8, 4) is 16.3 Å². The van der Waals surface area contributed by atoms with Crippen LogP contribution in [-0.4, -0.2) is 18.0 Å². The number of anilines is 1. The molecule has 7 heteroatoms. The van der Waals surface area contributed by atoms with Gasteiger partial charge in [-0.05, 0) is 29.6 Å². The smallest absolute Gasteiger partial charge is 0.275 e. The van der Waals surface area contributed by atoms with Crippen LogP contribution in [0.25, 0.3) is 10.6 Å². The average Bonchev–Trinajstić information content (AvgIpc) is 3.18. The van der Waals surface area contributed by atoms with Crippen LogP contribution in [-0.2, 0) is 0 Å². The van der Waals surface area contributed by atoms with E-state index in [0.29, 0.717) is 22.2 Å². The molecule has 1 aromatic carbocycles. The maximum absolute atomic E-state index is 12.3. The minimum atomic E-state index is -0.293. The van der Waals surface area contributed by atoms with Crippen LogP contribution in [0.1, 0.15) is 10.5 Å². The number of hydrogen-bond donors (Lipinski definition) is 1. The van der Waals surface area contributed by atoms with Gasteiger partial charge in [0.15, 0.2) is 0 Å². The highest BCUT2D eigenvalue weighted by Gasteiger charge is 2.14. The van der Waals surface area contributed by atoms with Gasteiger partial charge in [-0.2, -0.15) is 11.3 Å². The molecule has 2 aromatic heterocycles. The Hall–Kier alpha value is -1.89. The van der Waals surface area contributed by atoms with Crippen molar-refractivity contribution in [2.24, 2.45) is 0 Å². The summed E-state index contributed by atoms with van der Waals surface area (Å²) in [6.45, 7) is 0. The first-order chi connectivity index (χ1) is 10.7. The Balaban J connectivity index is 1.82. The summed E-state index contributed by atoms with van der Waals surface area (Å²) in [5.41, 5.74) is 1.91. The van der Waals surface area contributed by atoms with E-state index < -0.39 is 0 Å². The van der Waals surface area contributed by atoms with E-state index in [0.717, 1.165) is 10.6 Å². The molecule has 22 heavy (non-hydrogen) atoms. The summed E-state index contributed by atoms with van der Waals surface area (Å²) in [6, 6.07) is 7.03. The van der Waals surface area contributed by atoms with Crippen LogP contribution < -0.4 is 10.1 Å². The fourth-order valence-corrected chi connectivity index (χ4v) is 3.55. The van der Waals surface area contributed by atoms with Gasteiger partial charge in [-0.1, -0.05) is 11.6 Å². The summed E-state index contributed by atoms with van der Waals surface area (Å²) in [6.07, 6.45) is 0. The first kappa shape index (κ1) is 15.0. The lowest BCUT2D eigenvalue weighted by Gasteiger charge is -2.09. The van der Waals surface area contributed by atoms with Crippen LogP contribution in [0.2, 0.25) is 5.02 Å². The summed E-state index contributed by atoms with van der Waals surface area (Å²) in [4.78, 5) is 16.7. The van der Waals surface area contributed by atoms with E-state index >= 15 is 0 Å². The van der Waals surface area contributed by atoms with Crippen LogP contribution in [0, 0.1) is 0 Å². The van der Waals surface area contributed by atoms with Gasteiger partial charge in [0.2, 0.25) is 0 Å². The van der Waals surface area contributed by atoms with Crippen LogP contribution in [0.15, 0.2) is 40.4 Å². The fraction of sp³-hybridized carbons (Fsp3) is 0.0667. The normalized spacial score (nSPS) is 10.5. The summed E-state index contributed by atoms with van der Waals surface area (Å²) < 4.78 is 5.21. The minimum Gasteiger partial charge on any atom is -0.495 e. The highest BCUT2D eigenvalue weighted by molar-refractivity contribution is 7.14. The second kappa shape index (κ2) is 6.48. The van der Waals surface area contributed by atoms with Crippen molar-refractivity contribution >= 4 is 45.9 Å². The summed E-state index contributed by atoms with van der Waals surface area (Å²) in [5.74, 6) is 0.254. The number of carbonyl (C=O) groups excluding carboxylic acids is 1. The molecule has 1 N–H and O–H groups in total. The topological polar surface area (TPSA) is 51.2 Å². The maximum atomic E-state index is 12.3. The molecule has 3 aromatic rings. The Kier molecular flexibility index (Phi) is 4.42. The summed E-state index contributed by atoms with van der Waals surface area (Å²) in [7, 11) is 1.54. The zero-order valence-corrected chi connectivity index (χ0v) is 13.9. The summed E-state index contributed by atoms with van der Waals surface area (Å²) >= 11 is 8.99. The first-order valence-corrected chi connectivity index (χ1v) is 8.50. The number of ether oxygens (including phenoxy) is 1. The number of rotatable bonds is 4. The van der Waals surface area contributed by atoms with Crippen molar-refractivity contribution in [3.63, 3.8) is 0 Å². The number of aromatic nitrogens is 1. The largest absolute Gasteiger partial charge is 0.495 e. The average molecular weight is 351 g/mol. The Morgan fingerprint density at radius 3 is 2.91 bits per heavy atom. The molecule has 1 amide bonds. The Morgan fingerprint density at radius 2 is 2.18 bits per heavy atom. The molecular formula is C15H11ClN2O2S2. The number of carbonyl (C=O) groups is 1. The van der Waals surface area contributed by atoms with Crippen molar-refractivity contribution in [2.75, 3.05) is 12.4 Å². The molecular weight excluding hydrogens is 340 g/mol. The van der Waals surface area contributed by atoms with Gasteiger partial charge in [0.25, 0.3) is 5.91 Å². The molecule has 0 saturated heterocycles. The van der Waals surface area contributed by atoms with Crippen molar-refractivity contribution in [2.45, 2.75) is 0 Å². The van der Waals surface area contributed by atoms with Gasteiger partial charge in [0.05, 0.1) is 12.8 Å². The van der Waals surface area contributed by atoms with E-state index in [9.17, 15) is 4.79 Å². The molecule has 4 nitrogen and oxygen atoms in total. The van der Waals surface area contributed by atoms with E-state index in [-0.39, 0.29) is 5.91 Å². The van der Waals surface area contributed by atoms with Crippen molar-refractivity contribution < 1.29 is 9.53 Å². The molecule has 0 fully saturated rings. The molecule has 2 heterocycles. The molecule has 3 rings (SSSR count). The van der Waals surface area contributed by atoms with Gasteiger partial charge < -0.3 is 10.1 Å². The van der Waals surface area contributed by atoms with Crippen LogP contribution in [0.3, 0.4) is 0 Å². The molecule has 112 valence electrons. The van der Waals surface area contributed by atoms with E-state index in [1.807, 2.05) is 16.8 Å². The van der Waals surface area contributed by atoms with Gasteiger partial charge in [-0.15, -0.1) is 11.3 Å². The molecule has 0 spiro atoms. The van der Waals surface area contributed by atoms with Gasteiger partial charge >= 0.3 is 0 Å². The molecule has 0 unspecified atom stereocenters. The number of hydrogen-bond acceptors (Lipinski definition) is 5. The predicted molar refractivity (Wildman–Crippen MR) is 91.4 cm³/mol. The summed E-state index contributed by atoms with van der Waals surface area (Å²) in [5, 5.41) is 9.84. The van der Waals surface area contributed by atoms with E-state index in [1.54, 1.807) is 34.9 Å². The van der Waals surface area contributed by atoms with E-state index in [4.69, 9.17) is 16.3 Å². The number of halogens is 1. The monoisotopic (exact) mass is 350 g/mol. The highest BCUT2D eigenvalue weighted by atomic mass is 35.5. The van der Waals surface area contributed by atoms with Gasteiger partial charge in [0, 0.05) is 21.3 Å². The number of methoxy groups -OCH3 is 1. The lowest BCUT2D eigenvalue weighted by Crippen LogP contribution is -2.13. The first-order valence-electron chi connectivity index (χ1n) is 6.30. The third-order valence-electron chi connectivity index (χ3n) is 2.91. The zero-order valence-electron chi connectivity index (χ0n) is 11.5. The highest BCUT2D eigenvalue weighted by Crippen LogP contribution is 2.29. The van der Waals surface area contributed by atoms with Gasteiger partial charge in [0.1, 0.15) is 16.5 Å². The second-order valence-corrected chi connectivity index (χ2v) is 6.42. The Labute approximate surface area is 140 Å². The number of nitrogens with zero attached hydrogens (tertiary/aromatic N) is 1. The third-order valence-corrected chi connectivity index (χ3v) is 4.72. The van der Waals surface area contributed by atoms with Crippen molar-refractivity contribution in [1.29, 1.82) is 0 Å². The van der Waals surface area contributed by atoms with Crippen molar-refractivity contribution in [3.05, 3.63) is 51.1 Å². The van der Waals surface area contributed by atoms with Gasteiger partial charge in [-0.25, -0.2) is 4.98 Å². The number of thiazole rings is 1. The Morgan fingerprint density at radius 1 is 1.32 bits per heavy atom. The molecule has 0 aliphatic rings. The molecule has 0 aliphatic carbocycles. The second-order valence-electron chi connectivity index (χ2n) is 4.35. The number of thiophene rings is 1. The lowest BCUT2D eigenvalue weighted by molar-refractivity contribution is 0.102. The SMILES string of the molecule is COc1ccc(Cl)cc1NC(=O)c1csc(-c2ccsc2)n1. The predicted octanol–water partition coefficient (Wildman–Crippen LogP) is 4.79.